The number of hydrogen-bond acceptors (Lipinski definition) is 5. The highest BCUT2D eigenvalue weighted by atomic mass is 16.3. The highest BCUT2D eigenvalue weighted by Crippen LogP contribution is 2.32. The van der Waals surface area contributed by atoms with E-state index in [0.29, 0.717) is 17.4 Å². The minimum atomic E-state index is 0.182. The van der Waals surface area contributed by atoms with Gasteiger partial charge in [-0.2, -0.15) is 0 Å². The molecule has 1 saturated heterocycles. The van der Waals surface area contributed by atoms with Crippen molar-refractivity contribution in [3.05, 3.63) is 72.8 Å². The molecule has 0 spiro atoms. The predicted octanol–water partition coefficient (Wildman–Crippen LogP) is 4.44. The number of phenolic OH excluding ortho intramolecular Hbond substituents is 1. The molecule has 3 N–H and O–H groups in total. The third-order valence-electron chi connectivity index (χ3n) is 5.35. The maximum absolute atomic E-state index is 10.3. The van der Waals surface area contributed by atoms with Crippen LogP contribution in [0.25, 0.3) is 33.4 Å². The van der Waals surface area contributed by atoms with Crippen molar-refractivity contribution in [1.82, 2.24) is 15.3 Å². The quantitative estimate of drug-likeness (QED) is 0.487. The van der Waals surface area contributed by atoms with Crippen molar-refractivity contribution < 1.29 is 5.11 Å². The van der Waals surface area contributed by atoms with Crippen LogP contribution in [0.4, 0.5) is 5.82 Å². The number of nitrogens with zero attached hydrogens (tertiary/aromatic N) is 2. The molecule has 0 radical (unpaired) electrons. The van der Waals surface area contributed by atoms with Gasteiger partial charge in [0.1, 0.15) is 11.6 Å². The number of aromatic hydroxyl groups is 1. The smallest absolute Gasteiger partial charge is 0.165 e. The van der Waals surface area contributed by atoms with Gasteiger partial charge in [0.05, 0.1) is 11.1 Å². The Balaban J connectivity index is 1.67. The van der Waals surface area contributed by atoms with Crippen LogP contribution >= 0.6 is 0 Å². The Morgan fingerprint density at radius 2 is 1.72 bits per heavy atom. The van der Waals surface area contributed by atoms with Crippen molar-refractivity contribution in [3.63, 3.8) is 0 Å². The van der Waals surface area contributed by atoms with Crippen LogP contribution in [0.5, 0.6) is 5.75 Å². The lowest BCUT2D eigenvalue weighted by Gasteiger charge is -2.16. The number of para-hydroxylation sites is 1. The Hall–Kier alpha value is -3.44. The van der Waals surface area contributed by atoms with Gasteiger partial charge >= 0.3 is 0 Å². The van der Waals surface area contributed by atoms with Crippen LogP contribution < -0.4 is 10.6 Å². The van der Waals surface area contributed by atoms with E-state index in [0.717, 1.165) is 47.4 Å². The summed E-state index contributed by atoms with van der Waals surface area (Å²) in [4.78, 5) is 9.57. The Kier molecular flexibility index (Phi) is 4.58. The van der Waals surface area contributed by atoms with Crippen LogP contribution in [0.3, 0.4) is 0 Å². The van der Waals surface area contributed by atoms with E-state index in [-0.39, 0.29) is 5.75 Å². The highest BCUT2D eigenvalue weighted by molar-refractivity contribution is 5.94. The topological polar surface area (TPSA) is 70.1 Å². The maximum Gasteiger partial charge on any atom is 0.165 e. The maximum atomic E-state index is 10.3. The summed E-state index contributed by atoms with van der Waals surface area (Å²) in [6.07, 6.45) is 1.05. The number of nitrogens with one attached hydrogen (secondary N) is 2. The zero-order valence-corrected chi connectivity index (χ0v) is 16.0. The Morgan fingerprint density at radius 3 is 2.52 bits per heavy atom. The standard InChI is InChI=1S/C24H22N4O/c29-22-9-5-4-8-19(22)23-27-21-11-10-17(16-6-2-1-3-7-16)14-20(21)24(28-23)26-18-12-13-25-15-18/h1-11,14,18,25,29H,12-13,15H2,(H,26,27,28). The molecule has 1 aliphatic rings. The van der Waals surface area contributed by atoms with Gasteiger partial charge in [-0.1, -0.05) is 48.5 Å². The molecule has 1 unspecified atom stereocenters. The molecule has 1 atom stereocenters. The molecule has 1 fully saturated rings. The van der Waals surface area contributed by atoms with Gasteiger partial charge in [0.25, 0.3) is 0 Å². The van der Waals surface area contributed by atoms with Crippen molar-refractivity contribution in [2.45, 2.75) is 12.5 Å². The van der Waals surface area contributed by atoms with Gasteiger partial charge in [0.2, 0.25) is 0 Å². The summed E-state index contributed by atoms with van der Waals surface area (Å²) in [5, 5.41) is 18.3. The van der Waals surface area contributed by atoms with Crippen molar-refractivity contribution in [2.75, 3.05) is 18.4 Å². The minimum Gasteiger partial charge on any atom is -0.507 e. The number of aromatic nitrogens is 2. The monoisotopic (exact) mass is 382 g/mol. The lowest BCUT2D eigenvalue weighted by atomic mass is 10.0. The van der Waals surface area contributed by atoms with Gasteiger partial charge in [-0.25, -0.2) is 9.97 Å². The first-order valence-corrected chi connectivity index (χ1v) is 9.91. The molecule has 5 heteroatoms. The van der Waals surface area contributed by atoms with E-state index >= 15 is 0 Å². The minimum absolute atomic E-state index is 0.182. The summed E-state index contributed by atoms with van der Waals surface area (Å²) in [7, 11) is 0. The van der Waals surface area contributed by atoms with Crippen LogP contribution in [-0.4, -0.2) is 34.2 Å². The lowest BCUT2D eigenvalue weighted by molar-refractivity contribution is 0.477. The molecule has 4 aromatic rings. The molecule has 0 aliphatic carbocycles. The summed E-state index contributed by atoms with van der Waals surface area (Å²) in [6.45, 7) is 1.91. The van der Waals surface area contributed by atoms with Crippen molar-refractivity contribution in [1.29, 1.82) is 0 Å². The zero-order valence-electron chi connectivity index (χ0n) is 16.0. The predicted molar refractivity (Wildman–Crippen MR) is 117 cm³/mol. The van der Waals surface area contributed by atoms with Crippen LogP contribution in [0, 0.1) is 0 Å². The van der Waals surface area contributed by atoms with Crippen molar-refractivity contribution in [2.24, 2.45) is 0 Å². The third-order valence-corrected chi connectivity index (χ3v) is 5.35. The Labute approximate surface area is 169 Å². The number of rotatable bonds is 4. The van der Waals surface area contributed by atoms with Gasteiger partial charge in [-0.05, 0) is 48.4 Å². The third kappa shape index (κ3) is 3.52. The first-order valence-electron chi connectivity index (χ1n) is 9.91. The second kappa shape index (κ2) is 7.53. The molecular formula is C24H22N4O. The van der Waals surface area contributed by atoms with E-state index in [1.165, 1.54) is 0 Å². The van der Waals surface area contributed by atoms with Gasteiger partial charge < -0.3 is 15.7 Å². The molecule has 2 heterocycles. The molecule has 29 heavy (non-hydrogen) atoms. The average molecular weight is 382 g/mol. The molecular weight excluding hydrogens is 360 g/mol. The second-order valence-electron chi connectivity index (χ2n) is 7.34. The van der Waals surface area contributed by atoms with E-state index in [4.69, 9.17) is 9.97 Å². The fourth-order valence-electron chi connectivity index (χ4n) is 3.80. The van der Waals surface area contributed by atoms with Gasteiger partial charge in [0.15, 0.2) is 5.82 Å². The molecule has 5 nitrogen and oxygen atoms in total. The summed E-state index contributed by atoms with van der Waals surface area (Å²) >= 11 is 0. The number of fused-ring (bicyclic) bond motifs is 1. The first kappa shape index (κ1) is 17.6. The largest absolute Gasteiger partial charge is 0.507 e. The van der Waals surface area contributed by atoms with Crippen LogP contribution in [0.1, 0.15) is 6.42 Å². The summed E-state index contributed by atoms with van der Waals surface area (Å²) < 4.78 is 0. The van der Waals surface area contributed by atoms with Gasteiger partial charge in [-0.15, -0.1) is 0 Å². The molecule has 0 amide bonds. The second-order valence-corrected chi connectivity index (χ2v) is 7.34. The number of hydrogen-bond donors (Lipinski definition) is 3. The van der Waals surface area contributed by atoms with Crippen LogP contribution in [0.2, 0.25) is 0 Å². The van der Waals surface area contributed by atoms with Crippen molar-refractivity contribution in [3.8, 4) is 28.3 Å². The van der Waals surface area contributed by atoms with E-state index < -0.39 is 0 Å². The van der Waals surface area contributed by atoms with E-state index in [2.05, 4.69) is 34.9 Å². The molecule has 1 aliphatic heterocycles. The lowest BCUT2D eigenvalue weighted by Crippen LogP contribution is -2.23. The summed E-state index contributed by atoms with van der Waals surface area (Å²) in [5.74, 6) is 1.51. The molecule has 144 valence electrons. The number of benzene rings is 3. The SMILES string of the molecule is Oc1ccccc1-c1nc(NC2CCNC2)c2cc(-c3ccccc3)ccc2n1. The summed E-state index contributed by atoms with van der Waals surface area (Å²) in [6, 6.07) is 24.1. The summed E-state index contributed by atoms with van der Waals surface area (Å²) in [5.41, 5.74) is 3.78. The fourth-order valence-corrected chi connectivity index (χ4v) is 3.80. The molecule has 0 saturated carbocycles. The molecule has 3 aromatic carbocycles. The highest BCUT2D eigenvalue weighted by Gasteiger charge is 2.18. The Bertz CT molecular complexity index is 1150. The molecule has 5 rings (SSSR count). The van der Waals surface area contributed by atoms with Gasteiger partial charge in [0, 0.05) is 18.0 Å². The number of phenols is 1. The number of anilines is 1. The Morgan fingerprint density at radius 1 is 0.897 bits per heavy atom. The van der Waals surface area contributed by atoms with E-state index in [9.17, 15) is 5.11 Å². The van der Waals surface area contributed by atoms with E-state index in [1.54, 1.807) is 12.1 Å². The normalized spacial score (nSPS) is 16.2. The van der Waals surface area contributed by atoms with Gasteiger partial charge in [-0.3, -0.25) is 0 Å². The van der Waals surface area contributed by atoms with E-state index in [1.807, 2.05) is 36.4 Å². The molecule has 1 aromatic heterocycles. The first-order chi connectivity index (χ1) is 14.3. The average Bonchev–Trinajstić information content (AvgIpc) is 3.27. The fraction of sp³-hybridized carbons (Fsp3) is 0.167. The van der Waals surface area contributed by atoms with Crippen LogP contribution in [0.15, 0.2) is 72.8 Å². The van der Waals surface area contributed by atoms with Crippen LogP contribution in [-0.2, 0) is 0 Å². The van der Waals surface area contributed by atoms with Crippen molar-refractivity contribution >= 4 is 16.7 Å². The molecule has 0 bridgehead atoms. The zero-order chi connectivity index (χ0) is 19.6.